The predicted octanol–water partition coefficient (Wildman–Crippen LogP) is 2.79. The third-order valence-electron chi connectivity index (χ3n) is 3.07. The van der Waals surface area contributed by atoms with E-state index in [1.165, 1.54) is 19.3 Å². The molecule has 1 rings (SSSR count). The Labute approximate surface area is 132 Å². The van der Waals surface area contributed by atoms with Crippen molar-refractivity contribution in [2.45, 2.75) is 32.6 Å². The standard InChI is InChI=1S/C17H27NO4/c1-3-4-5-6-11-21-15-8-7-9-16(13-15)22-14-17(19)18-10-12-20-2/h7-9,13H,3-6,10-12,14H2,1-2H3,(H,18,19). The molecule has 0 aliphatic heterocycles. The van der Waals surface area contributed by atoms with Crippen LogP contribution in [0.15, 0.2) is 24.3 Å². The molecule has 0 heterocycles. The average Bonchev–Trinajstić information content (AvgIpc) is 2.53. The van der Waals surface area contributed by atoms with Crippen LogP contribution < -0.4 is 14.8 Å². The van der Waals surface area contributed by atoms with Gasteiger partial charge in [0.2, 0.25) is 0 Å². The van der Waals surface area contributed by atoms with Crippen LogP contribution >= 0.6 is 0 Å². The van der Waals surface area contributed by atoms with E-state index in [0.29, 0.717) is 25.5 Å². The predicted molar refractivity (Wildman–Crippen MR) is 86.5 cm³/mol. The van der Waals surface area contributed by atoms with Gasteiger partial charge in [0.15, 0.2) is 6.61 Å². The summed E-state index contributed by atoms with van der Waals surface area (Å²) in [6, 6.07) is 7.37. The number of benzene rings is 1. The van der Waals surface area contributed by atoms with E-state index in [4.69, 9.17) is 14.2 Å². The smallest absolute Gasteiger partial charge is 0.258 e. The fourth-order valence-electron chi connectivity index (χ4n) is 1.87. The molecule has 0 aromatic heterocycles. The number of hydrogen-bond acceptors (Lipinski definition) is 4. The van der Waals surface area contributed by atoms with Crippen LogP contribution in [0.5, 0.6) is 11.5 Å². The quantitative estimate of drug-likeness (QED) is 0.603. The van der Waals surface area contributed by atoms with Gasteiger partial charge in [-0.3, -0.25) is 4.79 Å². The number of nitrogens with one attached hydrogen (secondary N) is 1. The van der Waals surface area contributed by atoms with Gasteiger partial charge in [0, 0.05) is 19.7 Å². The molecule has 0 radical (unpaired) electrons. The summed E-state index contributed by atoms with van der Waals surface area (Å²) in [6.07, 6.45) is 4.70. The van der Waals surface area contributed by atoms with Crippen LogP contribution in [0.3, 0.4) is 0 Å². The lowest BCUT2D eigenvalue weighted by molar-refractivity contribution is -0.123. The van der Waals surface area contributed by atoms with Crippen molar-refractivity contribution in [3.8, 4) is 11.5 Å². The maximum absolute atomic E-state index is 11.5. The lowest BCUT2D eigenvalue weighted by Crippen LogP contribution is -2.31. The van der Waals surface area contributed by atoms with Crippen molar-refractivity contribution in [1.29, 1.82) is 0 Å². The highest BCUT2D eigenvalue weighted by molar-refractivity contribution is 5.77. The van der Waals surface area contributed by atoms with Gasteiger partial charge in [-0.25, -0.2) is 0 Å². The summed E-state index contributed by atoms with van der Waals surface area (Å²) in [5.41, 5.74) is 0. The van der Waals surface area contributed by atoms with Crippen LogP contribution in [0.25, 0.3) is 0 Å². The fourth-order valence-corrected chi connectivity index (χ4v) is 1.87. The minimum atomic E-state index is -0.164. The summed E-state index contributed by atoms with van der Waals surface area (Å²) in [4.78, 5) is 11.5. The van der Waals surface area contributed by atoms with Crippen LogP contribution in [0.1, 0.15) is 32.6 Å². The number of ether oxygens (including phenoxy) is 3. The minimum Gasteiger partial charge on any atom is -0.493 e. The van der Waals surface area contributed by atoms with E-state index < -0.39 is 0 Å². The molecule has 1 aromatic rings. The molecular weight excluding hydrogens is 282 g/mol. The lowest BCUT2D eigenvalue weighted by Gasteiger charge is -2.10. The maximum Gasteiger partial charge on any atom is 0.258 e. The zero-order valence-corrected chi connectivity index (χ0v) is 13.6. The lowest BCUT2D eigenvalue weighted by atomic mass is 10.2. The van der Waals surface area contributed by atoms with E-state index in [1.807, 2.05) is 24.3 Å². The molecule has 124 valence electrons. The van der Waals surface area contributed by atoms with Gasteiger partial charge in [0.25, 0.3) is 5.91 Å². The summed E-state index contributed by atoms with van der Waals surface area (Å²) in [5.74, 6) is 1.24. The molecule has 22 heavy (non-hydrogen) atoms. The molecule has 0 bridgehead atoms. The Balaban J connectivity index is 2.26. The second kappa shape index (κ2) is 11.9. The summed E-state index contributed by atoms with van der Waals surface area (Å²) in [6.45, 7) is 3.87. The first-order valence-electron chi connectivity index (χ1n) is 7.87. The number of unbranched alkanes of at least 4 members (excludes halogenated alkanes) is 3. The van der Waals surface area contributed by atoms with Gasteiger partial charge in [0.1, 0.15) is 11.5 Å². The average molecular weight is 309 g/mol. The van der Waals surface area contributed by atoms with Crippen molar-refractivity contribution in [3.05, 3.63) is 24.3 Å². The van der Waals surface area contributed by atoms with Crippen molar-refractivity contribution in [2.75, 3.05) is 33.5 Å². The zero-order chi connectivity index (χ0) is 16.0. The van der Waals surface area contributed by atoms with Crippen LogP contribution in [-0.4, -0.2) is 39.4 Å². The Bertz CT molecular complexity index is 423. The van der Waals surface area contributed by atoms with E-state index in [2.05, 4.69) is 12.2 Å². The molecule has 0 atom stereocenters. The number of rotatable bonds is 12. The first-order chi connectivity index (χ1) is 10.8. The maximum atomic E-state index is 11.5. The highest BCUT2D eigenvalue weighted by atomic mass is 16.5. The molecule has 0 saturated carbocycles. The molecule has 0 fully saturated rings. The van der Waals surface area contributed by atoms with Gasteiger partial charge in [-0.2, -0.15) is 0 Å². The molecule has 1 amide bonds. The van der Waals surface area contributed by atoms with E-state index >= 15 is 0 Å². The largest absolute Gasteiger partial charge is 0.493 e. The molecule has 5 nitrogen and oxygen atoms in total. The fraction of sp³-hybridized carbons (Fsp3) is 0.588. The van der Waals surface area contributed by atoms with E-state index in [-0.39, 0.29) is 12.5 Å². The molecular formula is C17H27NO4. The molecule has 0 spiro atoms. The topological polar surface area (TPSA) is 56.8 Å². The molecule has 0 aliphatic rings. The van der Waals surface area contributed by atoms with Crippen LogP contribution in [0.4, 0.5) is 0 Å². The number of carbonyl (C=O) groups excluding carboxylic acids is 1. The zero-order valence-electron chi connectivity index (χ0n) is 13.6. The number of carbonyl (C=O) groups is 1. The Morgan fingerprint density at radius 2 is 1.86 bits per heavy atom. The van der Waals surface area contributed by atoms with Crippen molar-refractivity contribution in [1.82, 2.24) is 5.32 Å². The molecule has 5 heteroatoms. The third-order valence-corrected chi connectivity index (χ3v) is 3.07. The van der Waals surface area contributed by atoms with Crippen LogP contribution in [0, 0.1) is 0 Å². The SMILES string of the molecule is CCCCCCOc1cccc(OCC(=O)NCCOC)c1. The van der Waals surface area contributed by atoms with Crippen LogP contribution in [0.2, 0.25) is 0 Å². The normalized spacial score (nSPS) is 10.3. The molecule has 0 saturated heterocycles. The van der Waals surface area contributed by atoms with E-state index in [0.717, 1.165) is 12.2 Å². The highest BCUT2D eigenvalue weighted by Crippen LogP contribution is 2.19. The third kappa shape index (κ3) is 8.52. The van der Waals surface area contributed by atoms with Gasteiger partial charge in [-0.05, 0) is 18.6 Å². The molecule has 1 N–H and O–H groups in total. The van der Waals surface area contributed by atoms with Crippen molar-refractivity contribution in [2.24, 2.45) is 0 Å². The summed E-state index contributed by atoms with van der Waals surface area (Å²) < 4.78 is 16.0. The molecule has 0 unspecified atom stereocenters. The number of hydrogen-bond donors (Lipinski definition) is 1. The summed E-state index contributed by atoms with van der Waals surface area (Å²) >= 11 is 0. The van der Waals surface area contributed by atoms with Gasteiger partial charge in [0.05, 0.1) is 13.2 Å². The number of amides is 1. The van der Waals surface area contributed by atoms with Gasteiger partial charge < -0.3 is 19.5 Å². The van der Waals surface area contributed by atoms with Crippen molar-refractivity contribution in [3.63, 3.8) is 0 Å². The Morgan fingerprint density at radius 3 is 2.59 bits per heavy atom. The first-order valence-corrected chi connectivity index (χ1v) is 7.87. The Kier molecular flexibility index (Phi) is 9.87. The summed E-state index contributed by atoms with van der Waals surface area (Å²) in [7, 11) is 1.59. The van der Waals surface area contributed by atoms with Crippen molar-refractivity contribution >= 4 is 5.91 Å². The van der Waals surface area contributed by atoms with Crippen LogP contribution in [-0.2, 0) is 9.53 Å². The highest BCUT2D eigenvalue weighted by Gasteiger charge is 2.03. The molecule has 1 aromatic carbocycles. The van der Waals surface area contributed by atoms with E-state index in [1.54, 1.807) is 7.11 Å². The second-order valence-corrected chi connectivity index (χ2v) is 5.02. The minimum absolute atomic E-state index is 0.0103. The first kappa shape index (κ1) is 18.3. The second-order valence-electron chi connectivity index (χ2n) is 5.02. The summed E-state index contributed by atoms with van der Waals surface area (Å²) in [5, 5.41) is 2.70. The Hall–Kier alpha value is -1.75. The van der Waals surface area contributed by atoms with Gasteiger partial charge in [-0.1, -0.05) is 32.3 Å². The van der Waals surface area contributed by atoms with Crippen molar-refractivity contribution < 1.29 is 19.0 Å². The monoisotopic (exact) mass is 309 g/mol. The Morgan fingerprint density at radius 1 is 1.09 bits per heavy atom. The van der Waals surface area contributed by atoms with E-state index in [9.17, 15) is 4.79 Å². The van der Waals surface area contributed by atoms with Gasteiger partial charge >= 0.3 is 0 Å². The molecule has 0 aliphatic carbocycles. The van der Waals surface area contributed by atoms with Gasteiger partial charge in [-0.15, -0.1) is 0 Å². The number of methoxy groups -OCH3 is 1.